The summed E-state index contributed by atoms with van der Waals surface area (Å²) in [5.74, 6) is 0.904. The van der Waals surface area contributed by atoms with Gasteiger partial charge in [0.1, 0.15) is 5.75 Å². The van der Waals surface area contributed by atoms with Gasteiger partial charge in [-0.05, 0) is 18.6 Å². The summed E-state index contributed by atoms with van der Waals surface area (Å²) in [7, 11) is 0. The standard InChI is InChI=1S/C13H19ClN2O/c1-2-9-17-13-10-11(14)3-4-12(13)16-7-5-15-6-8-16/h3-4,10,15H,2,5-9H2,1H3. The third kappa shape index (κ3) is 3.27. The molecule has 1 fully saturated rings. The molecule has 1 N–H and O–H groups in total. The Hall–Kier alpha value is -0.930. The minimum atomic E-state index is 0.731. The summed E-state index contributed by atoms with van der Waals surface area (Å²) in [6, 6.07) is 5.89. The molecule has 4 heteroatoms. The quantitative estimate of drug-likeness (QED) is 0.894. The van der Waals surface area contributed by atoms with Gasteiger partial charge in [-0.15, -0.1) is 0 Å². The monoisotopic (exact) mass is 254 g/mol. The number of rotatable bonds is 4. The summed E-state index contributed by atoms with van der Waals surface area (Å²) in [5, 5.41) is 4.08. The van der Waals surface area contributed by atoms with E-state index in [-0.39, 0.29) is 0 Å². The number of hydrogen-bond acceptors (Lipinski definition) is 3. The van der Waals surface area contributed by atoms with E-state index < -0.39 is 0 Å². The maximum Gasteiger partial charge on any atom is 0.144 e. The lowest BCUT2D eigenvalue weighted by Crippen LogP contribution is -2.43. The van der Waals surface area contributed by atoms with Crippen molar-refractivity contribution in [2.24, 2.45) is 0 Å². The smallest absolute Gasteiger partial charge is 0.144 e. The van der Waals surface area contributed by atoms with E-state index in [0.717, 1.165) is 55.7 Å². The summed E-state index contributed by atoms with van der Waals surface area (Å²) in [6.45, 7) is 6.92. The van der Waals surface area contributed by atoms with Crippen molar-refractivity contribution in [3.63, 3.8) is 0 Å². The van der Waals surface area contributed by atoms with E-state index in [4.69, 9.17) is 16.3 Å². The zero-order valence-corrected chi connectivity index (χ0v) is 11.0. The first-order valence-electron chi connectivity index (χ1n) is 6.19. The van der Waals surface area contributed by atoms with Gasteiger partial charge in [0.2, 0.25) is 0 Å². The fourth-order valence-corrected chi connectivity index (χ4v) is 2.14. The molecule has 0 atom stereocenters. The van der Waals surface area contributed by atoms with Crippen LogP contribution >= 0.6 is 11.6 Å². The molecule has 94 valence electrons. The van der Waals surface area contributed by atoms with Gasteiger partial charge in [0.05, 0.1) is 12.3 Å². The second-order valence-electron chi connectivity index (χ2n) is 4.20. The van der Waals surface area contributed by atoms with E-state index in [0.29, 0.717) is 0 Å². The first kappa shape index (κ1) is 12.5. The van der Waals surface area contributed by atoms with E-state index >= 15 is 0 Å². The summed E-state index contributed by atoms with van der Waals surface area (Å²) in [5.41, 5.74) is 1.16. The highest BCUT2D eigenvalue weighted by Gasteiger charge is 2.15. The minimum absolute atomic E-state index is 0.731. The van der Waals surface area contributed by atoms with Crippen molar-refractivity contribution in [2.75, 3.05) is 37.7 Å². The number of benzene rings is 1. The molecule has 0 radical (unpaired) electrons. The van der Waals surface area contributed by atoms with E-state index in [1.807, 2.05) is 12.1 Å². The van der Waals surface area contributed by atoms with Gasteiger partial charge in [-0.1, -0.05) is 18.5 Å². The molecule has 1 aliphatic heterocycles. The molecule has 0 spiro atoms. The van der Waals surface area contributed by atoms with Crippen LogP contribution in [-0.4, -0.2) is 32.8 Å². The van der Waals surface area contributed by atoms with Crippen molar-refractivity contribution in [1.29, 1.82) is 0 Å². The Labute approximate surface area is 108 Å². The Morgan fingerprint density at radius 3 is 2.82 bits per heavy atom. The van der Waals surface area contributed by atoms with E-state index in [1.165, 1.54) is 0 Å². The second kappa shape index (κ2) is 6.12. The lowest BCUT2D eigenvalue weighted by molar-refractivity contribution is 0.317. The Balaban J connectivity index is 2.18. The molecule has 17 heavy (non-hydrogen) atoms. The fourth-order valence-electron chi connectivity index (χ4n) is 1.98. The first-order valence-corrected chi connectivity index (χ1v) is 6.57. The van der Waals surface area contributed by atoms with Gasteiger partial charge in [0, 0.05) is 37.3 Å². The second-order valence-corrected chi connectivity index (χ2v) is 4.63. The Kier molecular flexibility index (Phi) is 4.51. The summed E-state index contributed by atoms with van der Waals surface area (Å²) >= 11 is 6.02. The number of hydrogen-bond donors (Lipinski definition) is 1. The van der Waals surface area contributed by atoms with Crippen LogP contribution in [0.2, 0.25) is 5.02 Å². The topological polar surface area (TPSA) is 24.5 Å². The normalized spacial score (nSPS) is 16.0. The van der Waals surface area contributed by atoms with Crippen LogP contribution in [-0.2, 0) is 0 Å². The molecule has 0 aliphatic carbocycles. The van der Waals surface area contributed by atoms with Gasteiger partial charge in [0.15, 0.2) is 0 Å². The van der Waals surface area contributed by atoms with Gasteiger partial charge in [-0.2, -0.15) is 0 Å². The molecule has 1 aliphatic rings. The molecule has 1 heterocycles. The van der Waals surface area contributed by atoms with Gasteiger partial charge >= 0.3 is 0 Å². The predicted molar refractivity (Wildman–Crippen MR) is 72.3 cm³/mol. The number of piperazine rings is 1. The Bertz CT molecular complexity index is 364. The van der Waals surface area contributed by atoms with Gasteiger partial charge < -0.3 is 15.0 Å². The van der Waals surface area contributed by atoms with Crippen LogP contribution in [0.3, 0.4) is 0 Å². The van der Waals surface area contributed by atoms with Crippen LogP contribution in [0.1, 0.15) is 13.3 Å². The van der Waals surface area contributed by atoms with Gasteiger partial charge in [0.25, 0.3) is 0 Å². The fraction of sp³-hybridized carbons (Fsp3) is 0.538. The average Bonchev–Trinajstić information content (AvgIpc) is 2.37. The Morgan fingerprint density at radius 2 is 2.12 bits per heavy atom. The molecule has 1 aromatic rings. The lowest BCUT2D eigenvalue weighted by atomic mass is 10.2. The molecular formula is C13H19ClN2O. The van der Waals surface area contributed by atoms with Crippen LogP contribution < -0.4 is 15.0 Å². The van der Waals surface area contributed by atoms with E-state index in [1.54, 1.807) is 0 Å². The SMILES string of the molecule is CCCOc1cc(Cl)ccc1N1CCNCC1. The number of halogens is 1. The largest absolute Gasteiger partial charge is 0.491 e. The van der Waals surface area contributed by atoms with Crippen LogP contribution in [0.5, 0.6) is 5.75 Å². The first-order chi connectivity index (χ1) is 8.31. The summed E-state index contributed by atoms with van der Waals surface area (Å²) in [4.78, 5) is 2.35. The number of anilines is 1. The van der Waals surface area contributed by atoms with E-state index in [2.05, 4.69) is 23.2 Å². The minimum Gasteiger partial charge on any atom is -0.491 e. The summed E-state index contributed by atoms with van der Waals surface area (Å²) < 4.78 is 5.77. The maximum absolute atomic E-state index is 6.02. The predicted octanol–water partition coefficient (Wildman–Crippen LogP) is 2.54. The van der Waals surface area contributed by atoms with Crippen molar-refractivity contribution in [3.8, 4) is 5.75 Å². The Morgan fingerprint density at radius 1 is 1.35 bits per heavy atom. The molecule has 2 rings (SSSR count). The third-order valence-corrected chi connectivity index (χ3v) is 3.08. The highest BCUT2D eigenvalue weighted by atomic mass is 35.5. The number of nitrogens with zero attached hydrogens (tertiary/aromatic N) is 1. The molecule has 0 bridgehead atoms. The summed E-state index contributed by atoms with van der Waals surface area (Å²) in [6.07, 6.45) is 1.01. The van der Waals surface area contributed by atoms with Crippen molar-refractivity contribution >= 4 is 17.3 Å². The molecule has 0 saturated carbocycles. The van der Waals surface area contributed by atoms with Crippen LogP contribution in [0.25, 0.3) is 0 Å². The van der Waals surface area contributed by atoms with Gasteiger partial charge in [-0.3, -0.25) is 0 Å². The number of nitrogens with one attached hydrogen (secondary N) is 1. The van der Waals surface area contributed by atoms with Crippen molar-refractivity contribution in [2.45, 2.75) is 13.3 Å². The molecule has 0 amide bonds. The van der Waals surface area contributed by atoms with Crippen molar-refractivity contribution < 1.29 is 4.74 Å². The molecule has 1 saturated heterocycles. The van der Waals surface area contributed by atoms with Gasteiger partial charge in [-0.25, -0.2) is 0 Å². The zero-order chi connectivity index (χ0) is 12.1. The maximum atomic E-state index is 6.02. The van der Waals surface area contributed by atoms with Crippen LogP contribution in [0.15, 0.2) is 18.2 Å². The number of ether oxygens (including phenoxy) is 1. The molecule has 0 unspecified atom stereocenters. The molecular weight excluding hydrogens is 236 g/mol. The van der Waals surface area contributed by atoms with Crippen molar-refractivity contribution in [1.82, 2.24) is 5.32 Å². The molecule has 0 aromatic heterocycles. The lowest BCUT2D eigenvalue weighted by Gasteiger charge is -2.30. The molecule has 1 aromatic carbocycles. The molecule has 3 nitrogen and oxygen atoms in total. The zero-order valence-electron chi connectivity index (χ0n) is 10.2. The van der Waals surface area contributed by atoms with E-state index in [9.17, 15) is 0 Å². The highest BCUT2D eigenvalue weighted by molar-refractivity contribution is 6.30. The third-order valence-electron chi connectivity index (χ3n) is 2.84. The van der Waals surface area contributed by atoms with Crippen LogP contribution in [0.4, 0.5) is 5.69 Å². The van der Waals surface area contributed by atoms with Crippen molar-refractivity contribution in [3.05, 3.63) is 23.2 Å². The highest BCUT2D eigenvalue weighted by Crippen LogP contribution is 2.31. The average molecular weight is 255 g/mol. The van der Waals surface area contributed by atoms with Crippen LogP contribution in [0, 0.1) is 0 Å².